The Kier molecular flexibility index (Phi) is 10.0. The molecule has 1 aromatic carbocycles. The molecule has 0 unspecified atom stereocenters. The normalized spacial score (nSPS) is 11.1. The Bertz CT molecular complexity index is 647. The van der Waals surface area contributed by atoms with Crippen LogP contribution in [0.4, 0.5) is 0 Å². The molecular weight excluding hydrogens is 363 g/mol. The summed E-state index contributed by atoms with van der Waals surface area (Å²) in [6, 6.07) is 8.19. The highest BCUT2D eigenvalue weighted by Gasteiger charge is 2.03. The minimum Gasteiger partial charge on any atom is -0.756 e. The molecule has 0 fully saturated rings. The molecule has 0 radical (unpaired) electrons. The zero-order chi connectivity index (χ0) is 18.7. The second-order valence-corrected chi connectivity index (χ2v) is 7.23. The molecule has 0 saturated carbocycles. The van der Waals surface area contributed by atoms with E-state index in [0.717, 1.165) is 24.5 Å². The summed E-state index contributed by atoms with van der Waals surface area (Å²) in [5.74, 6) is 0. The van der Waals surface area contributed by atoms with Crippen LogP contribution in [-0.4, -0.2) is 14.4 Å². The number of aryl methyl sites for hydroxylation is 3. The molecule has 0 aliphatic rings. The Labute approximate surface area is 153 Å². The van der Waals surface area contributed by atoms with E-state index in [1.807, 2.05) is 12.1 Å². The van der Waals surface area contributed by atoms with Crippen LogP contribution in [0.3, 0.4) is 0 Å². The summed E-state index contributed by atoms with van der Waals surface area (Å²) in [6.07, 6.45) is 12.6. The Morgan fingerprint density at radius 2 is 1.84 bits per heavy atom. The van der Waals surface area contributed by atoms with Gasteiger partial charge in [0.05, 0.1) is 13.1 Å². The predicted octanol–water partition coefficient (Wildman–Crippen LogP) is 2.69. The first-order chi connectivity index (χ1) is 11.8. The van der Waals surface area contributed by atoms with Crippen molar-refractivity contribution in [1.29, 1.82) is 0 Å². The van der Waals surface area contributed by atoms with E-state index in [1.165, 1.54) is 31.2 Å². The highest BCUT2D eigenvalue weighted by Crippen LogP contribution is 2.19. The number of unbranched alkanes of at least 4 members (excludes halogenated alkanes) is 2. The summed E-state index contributed by atoms with van der Waals surface area (Å²) in [6.45, 7) is 4.47. The van der Waals surface area contributed by atoms with E-state index in [2.05, 4.69) is 46.9 Å². The van der Waals surface area contributed by atoms with E-state index in [4.69, 9.17) is 30.8 Å². The molecule has 140 valence electrons. The Hall–Kier alpha value is -1.17. The fourth-order valence-corrected chi connectivity index (χ4v) is 2.44. The monoisotopic (exact) mass is 388 g/mol. The third-order valence-corrected chi connectivity index (χ3v) is 3.81. The highest BCUT2D eigenvalue weighted by molar-refractivity contribution is 7.43. The smallest absolute Gasteiger partial charge is 0.262 e. The van der Waals surface area contributed by atoms with Crippen molar-refractivity contribution >= 4 is 19.4 Å². The van der Waals surface area contributed by atoms with Gasteiger partial charge >= 0.3 is 0 Å². The number of imidazole rings is 1. The maximum Gasteiger partial charge on any atom is 0.262 e. The van der Waals surface area contributed by atoms with Gasteiger partial charge in [0.2, 0.25) is 6.33 Å². The highest BCUT2D eigenvalue weighted by atomic mass is 35.5. The average molecular weight is 389 g/mol. The zero-order valence-corrected chi connectivity index (χ0v) is 16.1. The molecule has 1 aromatic heterocycles. The lowest BCUT2D eigenvalue weighted by Crippen LogP contribution is -2.30. The van der Waals surface area contributed by atoms with Crippen molar-refractivity contribution in [1.82, 2.24) is 4.57 Å². The van der Waals surface area contributed by atoms with Gasteiger partial charge in [0, 0.05) is 5.02 Å². The van der Waals surface area contributed by atoms with Gasteiger partial charge in [-0.1, -0.05) is 37.1 Å². The number of phosphoric acid groups is 1. The van der Waals surface area contributed by atoms with Crippen LogP contribution in [-0.2, 0) is 24.1 Å². The number of hydrogen-bond acceptors (Lipinski definition) is 2. The largest absolute Gasteiger partial charge is 0.756 e. The number of hydrogen-bond donors (Lipinski definition) is 2. The van der Waals surface area contributed by atoms with Crippen LogP contribution in [0.1, 0.15) is 38.2 Å². The van der Waals surface area contributed by atoms with Gasteiger partial charge in [0.1, 0.15) is 12.4 Å². The first kappa shape index (κ1) is 21.9. The first-order valence-electron chi connectivity index (χ1n) is 8.33. The van der Waals surface area contributed by atoms with Crippen LogP contribution in [0.2, 0.25) is 5.02 Å². The topological polar surface area (TPSA) is 89.4 Å². The molecule has 2 rings (SSSR count). The van der Waals surface area contributed by atoms with E-state index in [-0.39, 0.29) is 0 Å². The number of benzene rings is 1. The van der Waals surface area contributed by atoms with E-state index in [1.54, 1.807) is 0 Å². The molecule has 8 heteroatoms. The number of rotatable bonds is 8. The predicted molar refractivity (Wildman–Crippen MR) is 96.0 cm³/mol. The van der Waals surface area contributed by atoms with Gasteiger partial charge in [-0.3, -0.25) is 4.57 Å². The second kappa shape index (κ2) is 11.4. The summed E-state index contributed by atoms with van der Waals surface area (Å²) in [5, 5.41) is 0.817. The SMILES string of the molecule is CCCCn1cc[n+](CCCCc2ccc(Cl)cc2)c1.O=P([O-])(O)O. The van der Waals surface area contributed by atoms with Crippen molar-refractivity contribution in [3.05, 3.63) is 53.6 Å². The van der Waals surface area contributed by atoms with E-state index >= 15 is 0 Å². The van der Waals surface area contributed by atoms with Crippen molar-refractivity contribution in [3.63, 3.8) is 0 Å². The average Bonchev–Trinajstić information content (AvgIpc) is 2.97. The van der Waals surface area contributed by atoms with E-state index < -0.39 is 7.82 Å². The molecule has 0 amide bonds. The van der Waals surface area contributed by atoms with Gasteiger partial charge in [0.15, 0.2) is 0 Å². The summed E-state index contributed by atoms with van der Waals surface area (Å²) < 4.78 is 13.3. The maximum absolute atomic E-state index is 8.77. The summed E-state index contributed by atoms with van der Waals surface area (Å²) >= 11 is 5.89. The van der Waals surface area contributed by atoms with Gasteiger partial charge < -0.3 is 14.7 Å². The minimum atomic E-state index is -4.89. The van der Waals surface area contributed by atoms with Crippen molar-refractivity contribution in [2.45, 2.75) is 52.1 Å². The van der Waals surface area contributed by atoms with Gasteiger partial charge in [0.25, 0.3) is 7.82 Å². The molecule has 1 heterocycles. The molecular formula is C17H26ClN2O4P. The number of nitrogens with zero attached hydrogens (tertiary/aromatic N) is 2. The van der Waals surface area contributed by atoms with E-state index in [9.17, 15) is 0 Å². The fraction of sp³-hybridized carbons (Fsp3) is 0.471. The fourth-order valence-electron chi connectivity index (χ4n) is 2.32. The van der Waals surface area contributed by atoms with Crippen LogP contribution in [0.15, 0.2) is 43.0 Å². The summed E-state index contributed by atoms with van der Waals surface area (Å²) in [4.78, 5) is 22.9. The Morgan fingerprint density at radius 3 is 2.44 bits per heavy atom. The lowest BCUT2D eigenvalue weighted by atomic mass is 10.1. The Balaban J connectivity index is 0.000000550. The van der Waals surface area contributed by atoms with Crippen molar-refractivity contribution < 1.29 is 23.8 Å². The lowest BCUT2D eigenvalue weighted by molar-refractivity contribution is -0.696. The second-order valence-electron chi connectivity index (χ2n) is 5.82. The third-order valence-electron chi connectivity index (χ3n) is 3.56. The molecule has 0 spiro atoms. The molecule has 0 aliphatic heterocycles. The molecule has 0 aliphatic carbocycles. The van der Waals surface area contributed by atoms with Crippen LogP contribution >= 0.6 is 19.4 Å². The Morgan fingerprint density at radius 1 is 1.20 bits per heavy atom. The van der Waals surface area contributed by atoms with Crippen LogP contribution in [0.5, 0.6) is 0 Å². The van der Waals surface area contributed by atoms with Crippen molar-refractivity contribution in [2.24, 2.45) is 0 Å². The minimum absolute atomic E-state index is 0.817. The van der Waals surface area contributed by atoms with Crippen LogP contribution < -0.4 is 9.46 Å². The lowest BCUT2D eigenvalue weighted by Gasteiger charge is -2.01. The number of aromatic nitrogens is 2. The summed E-state index contributed by atoms with van der Waals surface area (Å²) in [7, 11) is -4.89. The van der Waals surface area contributed by atoms with Crippen molar-refractivity contribution in [3.8, 4) is 0 Å². The quantitative estimate of drug-likeness (QED) is 0.413. The zero-order valence-electron chi connectivity index (χ0n) is 14.4. The van der Waals surface area contributed by atoms with E-state index in [0.29, 0.717) is 0 Å². The van der Waals surface area contributed by atoms with Crippen molar-refractivity contribution in [2.75, 3.05) is 0 Å². The maximum atomic E-state index is 8.77. The van der Waals surface area contributed by atoms with Gasteiger partial charge in [-0.05, 0) is 43.4 Å². The number of halogens is 1. The molecule has 2 N–H and O–H groups in total. The van der Waals surface area contributed by atoms with Crippen LogP contribution in [0.25, 0.3) is 0 Å². The molecule has 6 nitrogen and oxygen atoms in total. The van der Waals surface area contributed by atoms with Crippen LogP contribution in [0, 0.1) is 0 Å². The molecule has 0 saturated heterocycles. The van der Waals surface area contributed by atoms with Gasteiger partial charge in [-0.15, -0.1) is 0 Å². The molecule has 2 aromatic rings. The first-order valence-corrected chi connectivity index (χ1v) is 10.2. The molecule has 0 bridgehead atoms. The van der Waals surface area contributed by atoms with Gasteiger partial charge in [-0.2, -0.15) is 0 Å². The van der Waals surface area contributed by atoms with Gasteiger partial charge in [-0.25, -0.2) is 9.13 Å². The standard InChI is InChI=1S/C17H24ClN2.H3O4P/c1-2-3-11-19-13-14-20(15-19)12-5-4-6-16-7-9-17(18)10-8-16;1-5(2,3)4/h7-10,13-15H,2-6,11-12H2,1H3;(H3,1,2,3,4)/q+1;/p-1. The molecule has 25 heavy (non-hydrogen) atoms. The third kappa shape index (κ3) is 11.9. The summed E-state index contributed by atoms with van der Waals surface area (Å²) in [5.41, 5.74) is 1.37. The molecule has 0 atom stereocenters.